The second kappa shape index (κ2) is 33.9. The number of hydrogen-bond acceptors (Lipinski definition) is 6. The molecular formula is C22H48O6. The molecular weight excluding hydrogens is 360 g/mol. The molecule has 0 aliphatic rings. The zero-order chi connectivity index (χ0) is 21.7. The summed E-state index contributed by atoms with van der Waals surface area (Å²) in [6.07, 6.45) is 13.1. The lowest BCUT2D eigenvalue weighted by Gasteiger charge is -2.02. The fourth-order valence-corrected chi connectivity index (χ4v) is 2.24. The average molecular weight is 409 g/mol. The van der Waals surface area contributed by atoms with Crippen LogP contribution in [0.5, 0.6) is 0 Å². The van der Waals surface area contributed by atoms with Crippen LogP contribution in [-0.2, 0) is 19.0 Å². The molecule has 0 saturated heterocycles. The van der Waals surface area contributed by atoms with E-state index in [1.165, 1.54) is 64.7 Å². The number of ether oxygens (including phenoxy) is 3. The summed E-state index contributed by atoms with van der Waals surface area (Å²) < 4.78 is 14.3. The maximum absolute atomic E-state index is 10.5. The molecule has 28 heavy (non-hydrogen) atoms. The number of esters is 1. The Hall–Kier alpha value is -0.690. The lowest BCUT2D eigenvalue weighted by Crippen LogP contribution is -2.03. The van der Waals surface area contributed by atoms with Crippen molar-refractivity contribution in [3.63, 3.8) is 0 Å². The second-order valence-electron chi connectivity index (χ2n) is 6.36. The molecule has 0 aromatic heterocycles. The van der Waals surface area contributed by atoms with Gasteiger partial charge in [-0.1, -0.05) is 64.7 Å². The number of aliphatic hydroxyl groups excluding tert-OH is 2. The Morgan fingerprint density at radius 2 is 1.07 bits per heavy atom. The third kappa shape index (κ3) is 44.6. The topological polar surface area (TPSA) is 85.2 Å². The van der Waals surface area contributed by atoms with Crippen molar-refractivity contribution in [3.05, 3.63) is 0 Å². The van der Waals surface area contributed by atoms with Crippen molar-refractivity contribution < 1.29 is 29.2 Å². The first-order valence-electron chi connectivity index (χ1n) is 11.1. The van der Waals surface area contributed by atoms with Crippen LogP contribution in [-0.4, -0.2) is 62.4 Å². The molecule has 0 saturated carbocycles. The van der Waals surface area contributed by atoms with Crippen LogP contribution >= 0.6 is 0 Å². The number of unbranched alkanes of at least 4 members (excludes halogenated alkanes) is 9. The van der Waals surface area contributed by atoms with Crippen LogP contribution in [0.25, 0.3) is 0 Å². The van der Waals surface area contributed by atoms with E-state index in [1.54, 1.807) is 0 Å². The highest BCUT2D eigenvalue weighted by Gasteiger charge is 1.94. The van der Waals surface area contributed by atoms with Crippen molar-refractivity contribution in [1.82, 2.24) is 0 Å². The Morgan fingerprint density at radius 1 is 0.643 bits per heavy atom. The highest BCUT2D eigenvalue weighted by molar-refractivity contribution is 5.65. The van der Waals surface area contributed by atoms with Gasteiger partial charge in [0.15, 0.2) is 0 Å². The predicted molar refractivity (Wildman–Crippen MR) is 116 cm³/mol. The van der Waals surface area contributed by atoms with Crippen LogP contribution in [0.4, 0.5) is 0 Å². The smallest absolute Gasteiger partial charge is 0.302 e. The normalized spacial score (nSPS) is 9.79. The lowest BCUT2D eigenvalue weighted by atomic mass is 10.1. The zero-order valence-corrected chi connectivity index (χ0v) is 19.0. The highest BCUT2D eigenvalue weighted by Crippen LogP contribution is 2.10. The molecule has 0 radical (unpaired) electrons. The van der Waals surface area contributed by atoms with Gasteiger partial charge in [0.2, 0.25) is 0 Å². The van der Waals surface area contributed by atoms with E-state index >= 15 is 0 Å². The van der Waals surface area contributed by atoms with Crippen LogP contribution in [0.15, 0.2) is 0 Å². The van der Waals surface area contributed by atoms with Gasteiger partial charge in [-0.3, -0.25) is 4.79 Å². The minimum Gasteiger partial charge on any atom is -0.466 e. The summed E-state index contributed by atoms with van der Waals surface area (Å²) in [5.74, 6) is -0.157. The van der Waals surface area contributed by atoms with Crippen molar-refractivity contribution in [1.29, 1.82) is 0 Å². The van der Waals surface area contributed by atoms with Gasteiger partial charge in [-0.05, 0) is 20.3 Å². The molecule has 0 bridgehead atoms. The molecule has 0 aromatic rings. The molecule has 0 amide bonds. The third-order valence-corrected chi connectivity index (χ3v) is 3.68. The van der Waals surface area contributed by atoms with Crippen LogP contribution in [0.2, 0.25) is 0 Å². The first kappa shape index (κ1) is 32.0. The zero-order valence-electron chi connectivity index (χ0n) is 19.0. The molecule has 0 rings (SSSR count). The SMILES string of the molecule is CCCCCCCCCCCCOC(C)=O.CCOCC.OCCOCCO. The molecule has 6 nitrogen and oxygen atoms in total. The van der Waals surface area contributed by atoms with Crippen LogP contribution < -0.4 is 0 Å². The molecule has 0 unspecified atom stereocenters. The average Bonchev–Trinajstić information content (AvgIpc) is 2.68. The van der Waals surface area contributed by atoms with E-state index in [0.717, 1.165) is 19.6 Å². The van der Waals surface area contributed by atoms with Gasteiger partial charge >= 0.3 is 5.97 Å². The summed E-state index contributed by atoms with van der Waals surface area (Å²) in [5.41, 5.74) is 0. The molecule has 0 spiro atoms. The quantitative estimate of drug-likeness (QED) is 0.272. The minimum atomic E-state index is -0.157. The molecule has 0 aliphatic heterocycles. The first-order valence-corrected chi connectivity index (χ1v) is 11.1. The highest BCUT2D eigenvalue weighted by atomic mass is 16.5. The number of aliphatic hydroxyl groups is 2. The summed E-state index contributed by atoms with van der Waals surface area (Å²) >= 11 is 0. The van der Waals surface area contributed by atoms with Gasteiger partial charge in [0, 0.05) is 20.1 Å². The van der Waals surface area contributed by atoms with Gasteiger partial charge in [-0.25, -0.2) is 0 Å². The van der Waals surface area contributed by atoms with E-state index in [1.807, 2.05) is 13.8 Å². The second-order valence-corrected chi connectivity index (χ2v) is 6.36. The molecule has 0 heterocycles. The van der Waals surface area contributed by atoms with Crippen molar-refractivity contribution >= 4 is 5.97 Å². The largest absolute Gasteiger partial charge is 0.466 e. The lowest BCUT2D eigenvalue weighted by molar-refractivity contribution is -0.141. The molecule has 0 aliphatic carbocycles. The van der Waals surface area contributed by atoms with Crippen molar-refractivity contribution in [3.8, 4) is 0 Å². The molecule has 2 N–H and O–H groups in total. The Balaban J connectivity index is -0.000000427. The number of hydrogen-bond donors (Lipinski definition) is 2. The molecule has 0 fully saturated rings. The Bertz CT molecular complexity index is 255. The first-order chi connectivity index (χ1) is 13.6. The van der Waals surface area contributed by atoms with E-state index in [4.69, 9.17) is 19.7 Å². The van der Waals surface area contributed by atoms with Crippen LogP contribution in [0.1, 0.15) is 91.9 Å². The van der Waals surface area contributed by atoms with Crippen LogP contribution in [0, 0.1) is 0 Å². The standard InChI is InChI=1S/C14H28O2.C4H10O3.C4H10O/c1-3-4-5-6-7-8-9-10-11-12-13-16-14(2)15;5-1-3-7-4-2-6;1-3-5-4-2/h3-13H2,1-2H3;5-6H,1-4H2;3-4H2,1-2H3. The van der Waals surface area contributed by atoms with E-state index in [0.29, 0.717) is 19.8 Å². The monoisotopic (exact) mass is 408 g/mol. The molecule has 0 aromatic carbocycles. The number of carbonyl (C=O) groups excluding carboxylic acids is 1. The summed E-state index contributed by atoms with van der Waals surface area (Å²) in [4.78, 5) is 10.5. The summed E-state index contributed by atoms with van der Waals surface area (Å²) in [7, 11) is 0. The number of rotatable bonds is 17. The Kier molecular flexibility index (Phi) is 38.7. The van der Waals surface area contributed by atoms with Gasteiger partial charge in [-0.2, -0.15) is 0 Å². The van der Waals surface area contributed by atoms with Gasteiger partial charge < -0.3 is 24.4 Å². The van der Waals surface area contributed by atoms with Gasteiger partial charge in [-0.15, -0.1) is 0 Å². The molecule has 172 valence electrons. The van der Waals surface area contributed by atoms with Crippen molar-refractivity contribution in [2.24, 2.45) is 0 Å². The van der Waals surface area contributed by atoms with Crippen molar-refractivity contribution in [2.45, 2.75) is 91.9 Å². The van der Waals surface area contributed by atoms with E-state index in [2.05, 4.69) is 11.7 Å². The third-order valence-electron chi connectivity index (χ3n) is 3.68. The summed E-state index contributed by atoms with van der Waals surface area (Å²) in [5, 5.41) is 16.2. The van der Waals surface area contributed by atoms with E-state index in [-0.39, 0.29) is 19.2 Å². The molecule has 6 heteroatoms. The van der Waals surface area contributed by atoms with Crippen LogP contribution in [0.3, 0.4) is 0 Å². The molecule has 0 atom stereocenters. The van der Waals surface area contributed by atoms with Gasteiger partial charge in [0.1, 0.15) is 0 Å². The minimum absolute atomic E-state index is 0.0278. The Morgan fingerprint density at radius 3 is 1.39 bits per heavy atom. The van der Waals surface area contributed by atoms with E-state index < -0.39 is 0 Å². The fraction of sp³-hybridized carbons (Fsp3) is 0.955. The van der Waals surface area contributed by atoms with Crippen molar-refractivity contribution in [2.75, 3.05) is 46.2 Å². The Labute approximate surface area is 174 Å². The summed E-state index contributed by atoms with van der Waals surface area (Å²) in [6, 6.07) is 0. The maximum atomic E-state index is 10.5. The summed E-state index contributed by atoms with van der Waals surface area (Å²) in [6.45, 7) is 10.7. The van der Waals surface area contributed by atoms with Gasteiger partial charge in [0.25, 0.3) is 0 Å². The fourth-order valence-electron chi connectivity index (χ4n) is 2.24. The predicted octanol–water partition coefficient (Wildman–Crippen LogP) is 4.50. The van der Waals surface area contributed by atoms with E-state index in [9.17, 15) is 4.79 Å². The number of carbonyl (C=O) groups is 1. The maximum Gasteiger partial charge on any atom is 0.302 e. The van der Waals surface area contributed by atoms with Gasteiger partial charge in [0.05, 0.1) is 33.0 Å².